The third-order valence-corrected chi connectivity index (χ3v) is 6.44. The summed E-state index contributed by atoms with van der Waals surface area (Å²) in [6.45, 7) is 7.32. The molecule has 20 heavy (non-hydrogen) atoms. The van der Waals surface area contributed by atoms with Crippen LogP contribution in [-0.4, -0.2) is 24.2 Å². The van der Waals surface area contributed by atoms with Gasteiger partial charge in [0.05, 0.1) is 16.6 Å². The third kappa shape index (κ3) is 2.97. The summed E-state index contributed by atoms with van der Waals surface area (Å²) in [4.78, 5) is 4.13. The van der Waals surface area contributed by atoms with Crippen LogP contribution in [0.4, 0.5) is 5.69 Å². The van der Waals surface area contributed by atoms with Crippen LogP contribution in [0.2, 0.25) is 0 Å². The van der Waals surface area contributed by atoms with Gasteiger partial charge in [0.2, 0.25) is 0 Å². The van der Waals surface area contributed by atoms with Crippen molar-refractivity contribution in [3.63, 3.8) is 0 Å². The quantitative estimate of drug-likeness (QED) is 0.930. The lowest BCUT2D eigenvalue weighted by molar-refractivity contribution is 0.554. The molecular formula is C15H24N2O2S. The molecule has 0 radical (unpaired) electrons. The zero-order valence-corrected chi connectivity index (χ0v) is 13.5. The predicted molar refractivity (Wildman–Crippen MR) is 81.6 cm³/mol. The second-order valence-electron chi connectivity index (χ2n) is 6.66. The maximum atomic E-state index is 12.3. The maximum Gasteiger partial charge on any atom is 0.200 e. The molecule has 2 unspecified atom stereocenters. The van der Waals surface area contributed by atoms with Gasteiger partial charge in [-0.15, -0.1) is 0 Å². The average Bonchev–Trinajstić information content (AvgIpc) is 2.74. The predicted octanol–water partition coefficient (Wildman–Crippen LogP) is 3.25. The molecule has 2 atom stereocenters. The van der Waals surface area contributed by atoms with Gasteiger partial charge in [0, 0.05) is 6.04 Å². The van der Waals surface area contributed by atoms with Crippen molar-refractivity contribution in [2.24, 2.45) is 5.92 Å². The van der Waals surface area contributed by atoms with E-state index < -0.39 is 14.6 Å². The molecule has 5 heteroatoms. The Kier molecular flexibility index (Phi) is 4.09. The van der Waals surface area contributed by atoms with E-state index in [0.29, 0.717) is 12.0 Å². The Bertz CT molecular complexity index is 559. The SMILES string of the molecule is CC1CCCC1Nc1ccc(S(=O)(=O)C(C)(C)C)nc1. The zero-order chi connectivity index (χ0) is 15.0. The van der Waals surface area contributed by atoms with Crippen molar-refractivity contribution in [1.82, 2.24) is 4.98 Å². The van der Waals surface area contributed by atoms with Crippen molar-refractivity contribution in [2.75, 3.05) is 5.32 Å². The Morgan fingerprint density at radius 3 is 2.40 bits per heavy atom. The number of anilines is 1. The highest BCUT2D eigenvalue weighted by Crippen LogP contribution is 2.28. The molecule has 1 aliphatic rings. The van der Waals surface area contributed by atoms with E-state index in [9.17, 15) is 8.42 Å². The molecule has 1 fully saturated rings. The number of nitrogens with one attached hydrogen (secondary N) is 1. The molecule has 4 nitrogen and oxygen atoms in total. The standard InChI is InChI=1S/C15H24N2O2S/c1-11-6-5-7-13(11)17-12-8-9-14(16-10-12)20(18,19)15(2,3)4/h8-11,13,17H,5-7H2,1-4H3. The Morgan fingerprint density at radius 1 is 1.25 bits per heavy atom. The van der Waals surface area contributed by atoms with Gasteiger partial charge in [0.1, 0.15) is 0 Å². The van der Waals surface area contributed by atoms with Crippen molar-refractivity contribution in [2.45, 2.75) is 62.8 Å². The van der Waals surface area contributed by atoms with Crippen LogP contribution in [0, 0.1) is 5.92 Å². The van der Waals surface area contributed by atoms with Crippen LogP contribution in [-0.2, 0) is 9.84 Å². The van der Waals surface area contributed by atoms with Gasteiger partial charge in [-0.3, -0.25) is 0 Å². The molecule has 1 N–H and O–H groups in total. The van der Waals surface area contributed by atoms with E-state index in [0.717, 1.165) is 5.69 Å². The second-order valence-corrected chi connectivity index (χ2v) is 9.31. The molecular weight excluding hydrogens is 272 g/mol. The highest BCUT2D eigenvalue weighted by atomic mass is 32.2. The molecule has 0 bridgehead atoms. The van der Waals surface area contributed by atoms with Crippen LogP contribution in [0.5, 0.6) is 0 Å². The smallest absolute Gasteiger partial charge is 0.200 e. The monoisotopic (exact) mass is 296 g/mol. The largest absolute Gasteiger partial charge is 0.381 e. The Labute approximate surface area is 121 Å². The van der Waals surface area contributed by atoms with E-state index in [1.54, 1.807) is 33.0 Å². The van der Waals surface area contributed by atoms with Crippen molar-refractivity contribution in [3.05, 3.63) is 18.3 Å². The van der Waals surface area contributed by atoms with Crippen molar-refractivity contribution in [1.29, 1.82) is 0 Å². The first-order valence-electron chi connectivity index (χ1n) is 7.19. The lowest BCUT2D eigenvalue weighted by Gasteiger charge is -2.20. The first-order chi connectivity index (χ1) is 9.22. The minimum atomic E-state index is -3.37. The van der Waals surface area contributed by atoms with Gasteiger partial charge >= 0.3 is 0 Å². The normalized spacial score (nSPS) is 23.8. The van der Waals surface area contributed by atoms with Crippen molar-refractivity contribution >= 4 is 15.5 Å². The van der Waals surface area contributed by atoms with Crippen LogP contribution in [0.3, 0.4) is 0 Å². The van der Waals surface area contributed by atoms with Gasteiger partial charge < -0.3 is 5.32 Å². The Balaban J connectivity index is 2.15. The number of aromatic nitrogens is 1. The van der Waals surface area contributed by atoms with E-state index in [4.69, 9.17) is 0 Å². The summed E-state index contributed by atoms with van der Waals surface area (Å²) < 4.78 is 23.7. The highest BCUT2D eigenvalue weighted by Gasteiger charge is 2.32. The number of nitrogens with zero attached hydrogens (tertiary/aromatic N) is 1. The molecule has 1 heterocycles. The minimum Gasteiger partial charge on any atom is -0.381 e. The van der Waals surface area contributed by atoms with Crippen molar-refractivity contribution in [3.8, 4) is 0 Å². The lowest BCUT2D eigenvalue weighted by atomic mass is 10.1. The summed E-state index contributed by atoms with van der Waals surface area (Å²) in [5.74, 6) is 0.660. The summed E-state index contributed by atoms with van der Waals surface area (Å²) in [7, 11) is -3.37. The van der Waals surface area contributed by atoms with Crippen LogP contribution in [0.25, 0.3) is 0 Å². The average molecular weight is 296 g/mol. The van der Waals surface area contributed by atoms with E-state index in [-0.39, 0.29) is 5.03 Å². The molecule has 0 aromatic carbocycles. The molecule has 1 aromatic heterocycles. The van der Waals surface area contributed by atoms with Crippen LogP contribution in [0.15, 0.2) is 23.4 Å². The number of pyridine rings is 1. The fraction of sp³-hybridized carbons (Fsp3) is 0.667. The van der Waals surface area contributed by atoms with E-state index in [2.05, 4.69) is 17.2 Å². The highest BCUT2D eigenvalue weighted by molar-refractivity contribution is 7.92. The van der Waals surface area contributed by atoms with Crippen LogP contribution >= 0.6 is 0 Å². The second kappa shape index (κ2) is 5.35. The van der Waals surface area contributed by atoms with Gasteiger partial charge in [-0.2, -0.15) is 0 Å². The third-order valence-electron chi connectivity index (χ3n) is 4.03. The number of rotatable bonds is 3. The molecule has 0 saturated heterocycles. The topological polar surface area (TPSA) is 59.1 Å². The summed E-state index contributed by atoms with van der Waals surface area (Å²) in [6.07, 6.45) is 5.30. The molecule has 1 aliphatic carbocycles. The molecule has 2 rings (SSSR count). The minimum absolute atomic E-state index is 0.148. The van der Waals surface area contributed by atoms with Gasteiger partial charge in [-0.25, -0.2) is 13.4 Å². The van der Waals surface area contributed by atoms with Crippen molar-refractivity contribution < 1.29 is 8.42 Å². The Hall–Kier alpha value is -1.10. The molecule has 1 aromatic rings. The summed E-state index contributed by atoms with van der Waals surface area (Å²) >= 11 is 0. The fourth-order valence-electron chi connectivity index (χ4n) is 2.51. The summed E-state index contributed by atoms with van der Waals surface area (Å²) in [6, 6.07) is 3.89. The Morgan fingerprint density at radius 2 is 1.95 bits per heavy atom. The zero-order valence-electron chi connectivity index (χ0n) is 12.7. The molecule has 112 valence electrons. The summed E-state index contributed by atoms with van der Waals surface area (Å²) in [5.41, 5.74) is 0.900. The number of sulfone groups is 1. The molecule has 0 spiro atoms. The maximum absolute atomic E-state index is 12.3. The molecule has 0 amide bonds. The van der Waals surface area contributed by atoms with E-state index in [1.165, 1.54) is 19.3 Å². The fourth-order valence-corrected chi connectivity index (χ4v) is 3.58. The first kappa shape index (κ1) is 15.3. The first-order valence-corrected chi connectivity index (χ1v) is 8.67. The van der Waals surface area contributed by atoms with E-state index >= 15 is 0 Å². The van der Waals surface area contributed by atoms with Gasteiger partial charge in [0.25, 0.3) is 0 Å². The number of hydrogen-bond acceptors (Lipinski definition) is 4. The van der Waals surface area contributed by atoms with Crippen LogP contribution in [0.1, 0.15) is 47.0 Å². The van der Waals surface area contributed by atoms with Gasteiger partial charge in [-0.1, -0.05) is 13.3 Å². The van der Waals surface area contributed by atoms with Gasteiger partial charge in [0.15, 0.2) is 14.9 Å². The molecule has 1 saturated carbocycles. The van der Waals surface area contributed by atoms with Crippen LogP contribution < -0.4 is 5.32 Å². The van der Waals surface area contributed by atoms with Gasteiger partial charge in [-0.05, 0) is 51.7 Å². The molecule has 0 aliphatic heterocycles. The lowest BCUT2D eigenvalue weighted by Crippen LogP contribution is -2.28. The van der Waals surface area contributed by atoms with E-state index in [1.807, 2.05) is 6.07 Å². The summed E-state index contributed by atoms with van der Waals surface area (Å²) in [5, 5.41) is 3.60. The number of hydrogen-bond donors (Lipinski definition) is 1.